The molecule has 1 amide bonds. The number of rotatable bonds is 2. The number of hydrogen-bond acceptors (Lipinski definition) is 3. The zero-order valence-electron chi connectivity index (χ0n) is 13.0. The summed E-state index contributed by atoms with van der Waals surface area (Å²) in [6, 6.07) is 10.6. The van der Waals surface area contributed by atoms with Crippen molar-refractivity contribution in [3.63, 3.8) is 0 Å². The van der Waals surface area contributed by atoms with Crippen LogP contribution in [0, 0.1) is 5.41 Å². The first-order chi connectivity index (χ1) is 10.1. The van der Waals surface area contributed by atoms with Crippen molar-refractivity contribution in [2.75, 3.05) is 39.8 Å². The van der Waals surface area contributed by atoms with E-state index in [1.54, 1.807) is 0 Å². The molecule has 2 saturated heterocycles. The highest BCUT2D eigenvalue weighted by Gasteiger charge is 2.42. The van der Waals surface area contributed by atoms with Gasteiger partial charge in [-0.25, -0.2) is 0 Å². The van der Waals surface area contributed by atoms with Crippen molar-refractivity contribution in [3.05, 3.63) is 35.9 Å². The summed E-state index contributed by atoms with van der Waals surface area (Å²) in [4.78, 5) is 17.5. The summed E-state index contributed by atoms with van der Waals surface area (Å²) in [7, 11) is 2.14. The van der Waals surface area contributed by atoms with Crippen molar-refractivity contribution >= 4 is 5.91 Å². The Balaban J connectivity index is 1.86. The Hall–Kier alpha value is -1.39. The summed E-state index contributed by atoms with van der Waals surface area (Å²) < 4.78 is 0. The molecular formula is C17H25N3O. The molecule has 4 heteroatoms. The van der Waals surface area contributed by atoms with E-state index in [1.807, 2.05) is 6.07 Å². The molecule has 3 rings (SSSR count). The van der Waals surface area contributed by atoms with Crippen molar-refractivity contribution in [1.29, 1.82) is 0 Å². The summed E-state index contributed by atoms with van der Waals surface area (Å²) in [6.07, 6.45) is 0.944. The summed E-state index contributed by atoms with van der Waals surface area (Å²) in [5, 5.41) is 3.34. The molecule has 1 aromatic rings. The Kier molecular flexibility index (Phi) is 4.00. The predicted octanol–water partition coefficient (Wildman–Crippen LogP) is 1.50. The summed E-state index contributed by atoms with van der Waals surface area (Å²) in [5.74, 6) is 0.314. The van der Waals surface area contributed by atoms with Crippen LogP contribution < -0.4 is 5.32 Å². The van der Waals surface area contributed by atoms with Gasteiger partial charge in [-0.1, -0.05) is 30.3 Å². The van der Waals surface area contributed by atoms with Crippen LogP contribution in [0.4, 0.5) is 0 Å². The maximum absolute atomic E-state index is 13.1. The first-order valence-corrected chi connectivity index (χ1v) is 7.85. The largest absolute Gasteiger partial charge is 0.333 e. The lowest BCUT2D eigenvalue weighted by Gasteiger charge is -2.43. The van der Waals surface area contributed by atoms with Crippen LogP contribution in [0.1, 0.15) is 24.9 Å². The summed E-state index contributed by atoms with van der Waals surface area (Å²) in [6.45, 7) is 6.56. The van der Waals surface area contributed by atoms with Gasteiger partial charge in [0.1, 0.15) is 0 Å². The van der Waals surface area contributed by atoms with Crippen molar-refractivity contribution in [3.8, 4) is 0 Å². The van der Waals surface area contributed by atoms with Crippen LogP contribution in [-0.2, 0) is 4.79 Å². The predicted molar refractivity (Wildman–Crippen MR) is 84.0 cm³/mol. The fraction of sp³-hybridized carbons (Fsp3) is 0.588. The number of carbonyl (C=O) groups is 1. The number of likely N-dealkylation sites (N-methyl/N-ethyl adjacent to an activating group) is 1. The number of benzene rings is 1. The SMILES string of the molecule is CN1CCN(C(=O)C2(C)CCNC2)C(c2ccccc2)C1. The van der Waals surface area contributed by atoms with Crippen molar-refractivity contribution < 1.29 is 4.79 Å². The molecular weight excluding hydrogens is 262 g/mol. The maximum atomic E-state index is 13.1. The first kappa shape index (κ1) is 14.5. The number of carbonyl (C=O) groups excluding carboxylic acids is 1. The van der Waals surface area contributed by atoms with E-state index in [0.29, 0.717) is 5.91 Å². The first-order valence-electron chi connectivity index (χ1n) is 7.85. The molecule has 4 nitrogen and oxygen atoms in total. The number of hydrogen-bond donors (Lipinski definition) is 1. The van der Waals surface area contributed by atoms with E-state index in [1.165, 1.54) is 5.56 Å². The Morgan fingerprint density at radius 1 is 1.29 bits per heavy atom. The van der Waals surface area contributed by atoms with Gasteiger partial charge in [-0.2, -0.15) is 0 Å². The normalized spacial score (nSPS) is 30.6. The Morgan fingerprint density at radius 2 is 2.05 bits per heavy atom. The van der Waals surface area contributed by atoms with E-state index >= 15 is 0 Å². The molecule has 0 spiro atoms. The zero-order chi connectivity index (χ0) is 14.9. The molecule has 0 radical (unpaired) electrons. The third-order valence-corrected chi connectivity index (χ3v) is 4.91. The highest BCUT2D eigenvalue weighted by Crippen LogP contribution is 2.33. The molecule has 2 aliphatic rings. The van der Waals surface area contributed by atoms with Gasteiger partial charge >= 0.3 is 0 Å². The smallest absolute Gasteiger partial charge is 0.230 e. The highest BCUT2D eigenvalue weighted by molar-refractivity contribution is 5.83. The van der Waals surface area contributed by atoms with Gasteiger partial charge in [-0.05, 0) is 32.5 Å². The lowest BCUT2D eigenvalue weighted by molar-refractivity contribution is -0.145. The second-order valence-corrected chi connectivity index (χ2v) is 6.67. The molecule has 2 heterocycles. The lowest BCUT2D eigenvalue weighted by atomic mass is 9.86. The van der Waals surface area contributed by atoms with Crippen LogP contribution in [0.25, 0.3) is 0 Å². The van der Waals surface area contributed by atoms with Crippen molar-refractivity contribution in [2.24, 2.45) is 5.41 Å². The third kappa shape index (κ3) is 2.83. The third-order valence-electron chi connectivity index (χ3n) is 4.91. The molecule has 0 bridgehead atoms. The van der Waals surface area contributed by atoms with Crippen LogP contribution in [0.15, 0.2) is 30.3 Å². The molecule has 1 N–H and O–H groups in total. The highest BCUT2D eigenvalue weighted by atomic mass is 16.2. The summed E-state index contributed by atoms with van der Waals surface area (Å²) >= 11 is 0. The van der Waals surface area contributed by atoms with Crippen LogP contribution in [0.5, 0.6) is 0 Å². The molecule has 2 fully saturated rings. The van der Waals surface area contributed by atoms with E-state index in [-0.39, 0.29) is 11.5 Å². The molecule has 2 atom stereocenters. The quantitative estimate of drug-likeness (QED) is 0.895. The van der Waals surface area contributed by atoms with Crippen LogP contribution in [0.3, 0.4) is 0 Å². The standard InChI is InChI=1S/C17H25N3O/c1-17(8-9-18-13-17)16(21)20-11-10-19(2)12-15(20)14-6-4-3-5-7-14/h3-7,15,18H,8-13H2,1-2H3. The van der Waals surface area contributed by atoms with Gasteiger partial charge in [0.05, 0.1) is 11.5 Å². The Labute approximate surface area is 127 Å². The van der Waals surface area contributed by atoms with Gasteiger partial charge in [0.25, 0.3) is 0 Å². The van der Waals surface area contributed by atoms with Gasteiger partial charge in [0.15, 0.2) is 0 Å². The van der Waals surface area contributed by atoms with Crippen LogP contribution in [0.2, 0.25) is 0 Å². The minimum atomic E-state index is -0.233. The zero-order valence-corrected chi connectivity index (χ0v) is 13.0. The fourth-order valence-corrected chi connectivity index (χ4v) is 3.47. The minimum Gasteiger partial charge on any atom is -0.333 e. The van der Waals surface area contributed by atoms with Crippen LogP contribution >= 0.6 is 0 Å². The van der Waals surface area contributed by atoms with Gasteiger partial charge in [0, 0.05) is 26.2 Å². The Morgan fingerprint density at radius 3 is 2.71 bits per heavy atom. The molecule has 1 aromatic carbocycles. The van der Waals surface area contributed by atoms with E-state index in [9.17, 15) is 4.79 Å². The molecule has 0 aliphatic carbocycles. The summed E-state index contributed by atoms with van der Waals surface area (Å²) in [5.41, 5.74) is 1.01. The molecule has 0 aromatic heterocycles. The number of amides is 1. The number of nitrogens with zero attached hydrogens (tertiary/aromatic N) is 2. The second-order valence-electron chi connectivity index (χ2n) is 6.67. The Bertz CT molecular complexity index is 496. The second kappa shape index (κ2) is 5.78. The molecule has 2 unspecified atom stereocenters. The van der Waals surface area contributed by atoms with Gasteiger partial charge in [-0.15, -0.1) is 0 Å². The number of piperazine rings is 1. The topological polar surface area (TPSA) is 35.6 Å². The average molecular weight is 287 g/mol. The van der Waals surface area contributed by atoms with E-state index in [4.69, 9.17) is 0 Å². The van der Waals surface area contributed by atoms with Gasteiger partial charge < -0.3 is 15.1 Å². The molecule has 2 aliphatic heterocycles. The van der Waals surface area contributed by atoms with Crippen LogP contribution in [-0.4, -0.2) is 55.5 Å². The minimum absolute atomic E-state index is 0.176. The monoisotopic (exact) mass is 287 g/mol. The van der Waals surface area contributed by atoms with E-state index < -0.39 is 0 Å². The van der Waals surface area contributed by atoms with Crippen molar-refractivity contribution in [2.45, 2.75) is 19.4 Å². The average Bonchev–Trinajstić information content (AvgIpc) is 2.95. The molecule has 0 saturated carbocycles. The van der Waals surface area contributed by atoms with Crippen molar-refractivity contribution in [1.82, 2.24) is 15.1 Å². The lowest BCUT2D eigenvalue weighted by Crippen LogP contribution is -2.53. The fourth-order valence-electron chi connectivity index (χ4n) is 3.47. The molecule has 21 heavy (non-hydrogen) atoms. The van der Waals surface area contributed by atoms with Gasteiger partial charge in [0.2, 0.25) is 5.91 Å². The molecule has 114 valence electrons. The van der Waals surface area contributed by atoms with Gasteiger partial charge in [-0.3, -0.25) is 4.79 Å². The van der Waals surface area contributed by atoms with E-state index in [2.05, 4.69) is 53.4 Å². The van der Waals surface area contributed by atoms with E-state index in [0.717, 1.165) is 39.1 Å². The maximum Gasteiger partial charge on any atom is 0.230 e. The number of nitrogens with one attached hydrogen (secondary N) is 1.